The van der Waals surface area contributed by atoms with E-state index in [1.807, 2.05) is 54.6 Å². The lowest BCUT2D eigenvalue weighted by Crippen LogP contribution is -1.98. The highest BCUT2D eigenvalue weighted by molar-refractivity contribution is 7.71. The van der Waals surface area contributed by atoms with Crippen LogP contribution in [0.2, 0.25) is 0 Å². The Labute approximate surface area is 110 Å². The molecule has 0 saturated heterocycles. The van der Waals surface area contributed by atoms with Gasteiger partial charge in [0.25, 0.3) is 0 Å². The summed E-state index contributed by atoms with van der Waals surface area (Å²) >= 11 is 5.35. The molecule has 0 saturated carbocycles. The molecule has 88 valence electrons. The van der Waals surface area contributed by atoms with E-state index in [1.165, 1.54) is 0 Å². The average molecular weight is 253 g/mol. The number of nitrogens with one attached hydrogen (secondary N) is 1. The zero-order valence-electron chi connectivity index (χ0n) is 9.58. The Bertz CT molecular complexity index is 699. The molecule has 0 radical (unpaired) electrons. The Morgan fingerprint density at radius 2 is 1.78 bits per heavy atom. The standard InChI is InChI=1S/C14H11N3S/c18-14-10-12(11-6-2-1-3-7-11)16-17(14)13-8-4-5-9-15-13/h1-10,16H. The van der Waals surface area contributed by atoms with E-state index >= 15 is 0 Å². The molecule has 3 rings (SSSR count). The number of hydrogen-bond donors (Lipinski definition) is 1. The molecule has 0 unspecified atom stereocenters. The van der Waals surface area contributed by atoms with Gasteiger partial charge in [0.1, 0.15) is 4.64 Å². The fourth-order valence-corrected chi connectivity index (χ4v) is 2.07. The molecule has 1 aromatic carbocycles. The van der Waals surface area contributed by atoms with Crippen LogP contribution in [-0.4, -0.2) is 14.8 Å². The fraction of sp³-hybridized carbons (Fsp3) is 0. The van der Waals surface area contributed by atoms with Crippen LogP contribution in [0.3, 0.4) is 0 Å². The van der Waals surface area contributed by atoms with Gasteiger partial charge >= 0.3 is 0 Å². The van der Waals surface area contributed by atoms with E-state index in [9.17, 15) is 0 Å². The second kappa shape index (κ2) is 4.58. The van der Waals surface area contributed by atoms with E-state index in [2.05, 4.69) is 10.1 Å². The molecule has 4 heteroatoms. The van der Waals surface area contributed by atoms with Crippen molar-refractivity contribution in [2.45, 2.75) is 0 Å². The van der Waals surface area contributed by atoms with Gasteiger partial charge in [-0.05, 0) is 17.7 Å². The van der Waals surface area contributed by atoms with E-state index in [0.29, 0.717) is 4.64 Å². The minimum atomic E-state index is 0.715. The van der Waals surface area contributed by atoms with Crippen LogP contribution in [0, 0.1) is 4.64 Å². The number of nitrogens with zero attached hydrogens (tertiary/aromatic N) is 2. The summed E-state index contributed by atoms with van der Waals surface area (Å²) < 4.78 is 2.52. The van der Waals surface area contributed by atoms with E-state index in [4.69, 9.17) is 12.2 Å². The average Bonchev–Trinajstić information content (AvgIpc) is 2.83. The molecular formula is C14H11N3S. The molecule has 0 bridgehead atoms. The van der Waals surface area contributed by atoms with Gasteiger partial charge in [-0.2, -0.15) is 0 Å². The van der Waals surface area contributed by atoms with Crippen LogP contribution < -0.4 is 0 Å². The smallest absolute Gasteiger partial charge is 0.152 e. The van der Waals surface area contributed by atoms with Crippen LogP contribution in [0.15, 0.2) is 60.8 Å². The molecule has 3 aromatic rings. The van der Waals surface area contributed by atoms with E-state index < -0.39 is 0 Å². The molecule has 3 nitrogen and oxygen atoms in total. The van der Waals surface area contributed by atoms with Crippen LogP contribution >= 0.6 is 12.2 Å². The highest BCUT2D eigenvalue weighted by Crippen LogP contribution is 2.18. The topological polar surface area (TPSA) is 33.6 Å². The fourth-order valence-electron chi connectivity index (χ4n) is 1.82. The third-order valence-corrected chi connectivity index (χ3v) is 2.98. The van der Waals surface area contributed by atoms with E-state index in [0.717, 1.165) is 17.1 Å². The first kappa shape index (κ1) is 10.9. The maximum absolute atomic E-state index is 5.35. The minimum absolute atomic E-state index is 0.715. The van der Waals surface area contributed by atoms with Gasteiger partial charge < -0.3 is 0 Å². The number of benzene rings is 1. The Morgan fingerprint density at radius 1 is 1.00 bits per heavy atom. The third-order valence-electron chi connectivity index (χ3n) is 2.68. The third kappa shape index (κ3) is 1.98. The van der Waals surface area contributed by atoms with Gasteiger partial charge in [-0.25, -0.2) is 9.67 Å². The SMILES string of the molecule is S=c1cc(-c2ccccc2)[nH]n1-c1ccccn1. The van der Waals surface area contributed by atoms with Crippen molar-refractivity contribution in [3.05, 3.63) is 65.4 Å². The molecule has 0 aliphatic rings. The maximum Gasteiger partial charge on any atom is 0.152 e. The van der Waals surface area contributed by atoms with Crippen molar-refractivity contribution in [3.63, 3.8) is 0 Å². The first-order chi connectivity index (χ1) is 8.84. The minimum Gasteiger partial charge on any atom is -0.291 e. The molecule has 18 heavy (non-hydrogen) atoms. The predicted molar refractivity (Wildman–Crippen MR) is 74.2 cm³/mol. The summed E-state index contributed by atoms with van der Waals surface area (Å²) in [6.07, 6.45) is 1.75. The summed E-state index contributed by atoms with van der Waals surface area (Å²) in [6.45, 7) is 0. The monoisotopic (exact) mass is 253 g/mol. The second-order valence-electron chi connectivity index (χ2n) is 3.90. The van der Waals surface area contributed by atoms with Gasteiger partial charge in [-0.15, -0.1) is 0 Å². The molecule has 0 amide bonds. The van der Waals surface area contributed by atoms with Crippen molar-refractivity contribution in [2.75, 3.05) is 0 Å². The predicted octanol–water partition coefficient (Wildman–Crippen LogP) is 3.60. The van der Waals surface area contributed by atoms with E-state index in [-0.39, 0.29) is 0 Å². The Kier molecular flexibility index (Phi) is 2.78. The molecule has 0 atom stereocenters. The van der Waals surface area contributed by atoms with Crippen LogP contribution in [0.4, 0.5) is 0 Å². The van der Waals surface area contributed by atoms with Crippen molar-refractivity contribution >= 4 is 12.2 Å². The molecule has 0 aliphatic heterocycles. The van der Waals surface area contributed by atoms with Gasteiger partial charge in [0.2, 0.25) is 0 Å². The van der Waals surface area contributed by atoms with Gasteiger partial charge in [0.15, 0.2) is 5.82 Å². The summed E-state index contributed by atoms with van der Waals surface area (Å²) in [7, 11) is 0. The highest BCUT2D eigenvalue weighted by Gasteiger charge is 2.04. The molecular weight excluding hydrogens is 242 g/mol. The van der Waals surface area contributed by atoms with Gasteiger partial charge in [-0.3, -0.25) is 5.10 Å². The number of H-pyrrole nitrogens is 1. The second-order valence-corrected chi connectivity index (χ2v) is 4.32. The van der Waals surface area contributed by atoms with E-state index in [1.54, 1.807) is 10.9 Å². The molecule has 2 aromatic heterocycles. The molecule has 0 fully saturated rings. The summed E-state index contributed by atoms with van der Waals surface area (Å²) in [5.74, 6) is 0.796. The Morgan fingerprint density at radius 3 is 2.50 bits per heavy atom. The molecule has 1 N–H and O–H groups in total. The number of aromatic amines is 1. The van der Waals surface area contributed by atoms with Crippen LogP contribution in [0.25, 0.3) is 17.1 Å². The molecule has 0 aliphatic carbocycles. The highest BCUT2D eigenvalue weighted by atomic mass is 32.1. The van der Waals surface area contributed by atoms with Crippen molar-refractivity contribution in [3.8, 4) is 17.1 Å². The van der Waals surface area contributed by atoms with Crippen molar-refractivity contribution in [1.29, 1.82) is 0 Å². The van der Waals surface area contributed by atoms with Crippen LogP contribution in [-0.2, 0) is 0 Å². The summed E-state index contributed by atoms with van der Waals surface area (Å²) in [5.41, 5.74) is 2.10. The first-order valence-corrected chi connectivity index (χ1v) is 6.04. The first-order valence-electron chi connectivity index (χ1n) is 5.63. The lowest BCUT2D eigenvalue weighted by Gasteiger charge is -2.01. The zero-order chi connectivity index (χ0) is 12.4. The normalized spacial score (nSPS) is 10.4. The quantitative estimate of drug-likeness (QED) is 0.708. The lowest BCUT2D eigenvalue weighted by molar-refractivity contribution is 0.840. The number of aromatic nitrogens is 3. The van der Waals surface area contributed by atoms with Crippen LogP contribution in [0.5, 0.6) is 0 Å². The van der Waals surface area contributed by atoms with Gasteiger partial charge in [-0.1, -0.05) is 48.6 Å². The molecule has 2 heterocycles. The number of rotatable bonds is 2. The summed E-state index contributed by atoms with van der Waals surface area (Å²) in [6, 6.07) is 17.8. The zero-order valence-corrected chi connectivity index (χ0v) is 10.4. The number of hydrogen-bond acceptors (Lipinski definition) is 2. The Balaban J connectivity index is 2.10. The van der Waals surface area contributed by atoms with Crippen molar-refractivity contribution in [2.24, 2.45) is 0 Å². The molecule has 0 spiro atoms. The lowest BCUT2D eigenvalue weighted by atomic mass is 10.2. The maximum atomic E-state index is 5.35. The van der Waals surface area contributed by atoms with Crippen molar-refractivity contribution in [1.82, 2.24) is 14.8 Å². The summed E-state index contributed by atoms with van der Waals surface area (Å²) in [4.78, 5) is 4.28. The summed E-state index contributed by atoms with van der Waals surface area (Å²) in [5, 5.41) is 3.26. The van der Waals surface area contributed by atoms with Gasteiger partial charge in [0.05, 0.1) is 5.69 Å². The number of pyridine rings is 1. The van der Waals surface area contributed by atoms with Crippen LogP contribution in [0.1, 0.15) is 0 Å². The van der Waals surface area contributed by atoms with Gasteiger partial charge in [0, 0.05) is 12.3 Å². The van der Waals surface area contributed by atoms with Crippen molar-refractivity contribution < 1.29 is 0 Å². The largest absolute Gasteiger partial charge is 0.291 e. The Hall–Kier alpha value is -2.20.